The Morgan fingerprint density at radius 2 is 2.15 bits per heavy atom. The summed E-state index contributed by atoms with van der Waals surface area (Å²) in [7, 11) is 0. The number of aromatic nitrogens is 4. The van der Waals surface area contributed by atoms with Crippen LogP contribution in [0, 0.1) is 0 Å². The van der Waals surface area contributed by atoms with Gasteiger partial charge >= 0.3 is 0 Å². The predicted octanol–water partition coefficient (Wildman–Crippen LogP) is 1.11. The SMILES string of the molecule is CC(C)n1nnc2c(O)cncc21. The molecule has 0 aliphatic rings. The normalized spacial score (nSPS) is 11.3. The molecule has 0 bridgehead atoms. The number of nitrogens with zero attached hydrogens (tertiary/aromatic N) is 4. The van der Waals surface area contributed by atoms with Crippen molar-refractivity contribution >= 4 is 11.0 Å². The van der Waals surface area contributed by atoms with Crippen molar-refractivity contribution in [1.82, 2.24) is 20.0 Å². The van der Waals surface area contributed by atoms with Crippen molar-refractivity contribution in [3.05, 3.63) is 12.4 Å². The smallest absolute Gasteiger partial charge is 0.163 e. The molecule has 2 rings (SSSR count). The average molecular weight is 178 g/mol. The molecule has 0 saturated heterocycles. The van der Waals surface area contributed by atoms with Crippen LogP contribution < -0.4 is 0 Å². The van der Waals surface area contributed by atoms with E-state index in [1.807, 2.05) is 13.8 Å². The van der Waals surface area contributed by atoms with Crippen molar-refractivity contribution in [2.45, 2.75) is 19.9 Å². The molecule has 0 unspecified atom stereocenters. The Balaban J connectivity index is 2.75. The van der Waals surface area contributed by atoms with Crippen LogP contribution in [0.5, 0.6) is 5.75 Å². The molecule has 0 aliphatic heterocycles. The molecule has 13 heavy (non-hydrogen) atoms. The van der Waals surface area contributed by atoms with Gasteiger partial charge in [-0.2, -0.15) is 0 Å². The van der Waals surface area contributed by atoms with Crippen molar-refractivity contribution < 1.29 is 5.11 Å². The van der Waals surface area contributed by atoms with Crippen molar-refractivity contribution in [1.29, 1.82) is 0 Å². The van der Waals surface area contributed by atoms with Gasteiger partial charge in [0.1, 0.15) is 5.52 Å². The molecule has 2 aromatic rings. The van der Waals surface area contributed by atoms with E-state index in [4.69, 9.17) is 0 Å². The van der Waals surface area contributed by atoms with Crippen LogP contribution in [0.3, 0.4) is 0 Å². The summed E-state index contributed by atoms with van der Waals surface area (Å²) in [6, 6.07) is 0.216. The van der Waals surface area contributed by atoms with Crippen LogP contribution in [-0.2, 0) is 0 Å². The molecule has 2 aromatic heterocycles. The minimum absolute atomic E-state index is 0.0735. The van der Waals surface area contributed by atoms with E-state index in [-0.39, 0.29) is 11.8 Å². The van der Waals surface area contributed by atoms with Gasteiger partial charge in [-0.25, -0.2) is 4.68 Å². The zero-order chi connectivity index (χ0) is 9.42. The third-order valence-corrected chi connectivity index (χ3v) is 1.86. The Kier molecular flexibility index (Phi) is 1.65. The molecule has 0 atom stereocenters. The van der Waals surface area contributed by atoms with Crippen LogP contribution in [0.15, 0.2) is 12.4 Å². The molecule has 0 radical (unpaired) electrons. The third kappa shape index (κ3) is 1.12. The molecule has 0 aliphatic carbocycles. The topological polar surface area (TPSA) is 63.8 Å². The lowest BCUT2D eigenvalue weighted by Crippen LogP contribution is -2.02. The maximum atomic E-state index is 9.39. The van der Waals surface area contributed by atoms with Gasteiger partial charge in [-0.1, -0.05) is 5.21 Å². The highest BCUT2D eigenvalue weighted by Gasteiger charge is 2.10. The summed E-state index contributed by atoms with van der Waals surface area (Å²) in [5.41, 5.74) is 1.26. The van der Waals surface area contributed by atoms with Crippen LogP contribution >= 0.6 is 0 Å². The largest absolute Gasteiger partial charge is 0.504 e. The minimum atomic E-state index is 0.0735. The first kappa shape index (κ1) is 7.97. The first-order valence-electron chi connectivity index (χ1n) is 4.08. The summed E-state index contributed by atoms with van der Waals surface area (Å²) < 4.78 is 1.72. The van der Waals surface area contributed by atoms with Crippen molar-refractivity contribution in [3.63, 3.8) is 0 Å². The van der Waals surface area contributed by atoms with E-state index in [0.717, 1.165) is 5.52 Å². The van der Waals surface area contributed by atoms with Gasteiger partial charge in [0, 0.05) is 6.04 Å². The fraction of sp³-hybridized carbons (Fsp3) is 0.375. The van der Waals surface area contributed by atoms with Gasteiger partial charge in [-0.3, -0.25) is 4.98 Å². The number of pyridine rings is 1. The highest BCUT2D eigenvalue weighted by Crippen LogP contribution is 2.21. The second-order valence-corrected chi connectivity index (χ2v) is 3.15. The van der Waals surface area contributed by atoms with E-state index in [1.165, 1.54) is 6.20 Å². The lowest BCUT2D eigenvalue weighted by atomic mass is 10.3. The van der Waals surface area contributed by atoms with Crippen molar-refractivity contribution in [2.75, 3.05) is 0 Å². The summed E-state index contributed by atoms with van der Waals surface area (Å²) in [6.07, 6.45) is 3.01. The first-order chi connectivity index (χ1) is 6.20. The molecule has 0 aromatic carbocycles. The summed E-state index contributed by atoms with van der Waals surface area (Å²) >= 11 is 0. The standard InChI is InChI=1S/C8H10N4O/c1-5(2)12-6-3-9-4-7(13)8(6)10-11-12/h3-5,13H,1-2H3. The first-order valence-corrected chi connectivity index (χ1v) is 4.08. The summed E-state index contributed by atoms with van der Waals surface area (Å²) in [6.45, 7) is 4.00. The highest BCUT2D eigenvalue weighted by molar-refractivity contribution is 5.79. The number of aromatic hydroxyl groups is 1. The second kappa shape index (κ2) is 2.69. The molecule has 1 N–H and O–H groups in total. The van der Waals surface area contributed by atoms with Gasteiger partial charge in [0.2, 0.25) is 0 Å². The molecule has 2 heterocycles. The maximum absolute atomic E-state index is 9.39. The summed E-state index contributed by atoms with van der Waals surface area (Å²) in [5, 5.41) is 17.2. The number of rotatable bonds is 1. The predicted molar refractivity (Wildman–Crippen MR) is 47.4 cm³/mol. The van der Waals surface area contributed by atoms with Crippen LogP contribution in [0.1, 0.15) is 19.9 Å². The molecular weight excluding hydrogens is 168 g/mol. The Bertz CT molecular complexity index is 435. The van der Waals surface area contributed by atoms with Crippen LogP contribution in [0.25, 0.3) is 11.0 Å². The van der Waals surface area contributed by atoms with E-state index in [1.54, 1.807) is 10.9 Å². The monoisotopic (exact) mass is 178 g/mol. The Labute approximate surface area is 75.0 Å². The van der Waals surface area contributed by atoms with Crippen LogP contribution in [0.2, 0.25) is 0 Å². The van der Waals surface area contributed by atoms with Gasteiger partial charge in [0.05, 0.1) is 12.4 Å². The van der Waals surface area contributed by atoms with Gasteiger partial charge in [0.25, 0.3) is 0 Å². The summed E-state index contributed by atoms with van der Waals surface area (Å²) in [5.74, 6) is 0.0735. The van der Waals surface area contributed by atoms with E-state index in [9.17, 15) is 5.11 Å². The molecule has 0 amide bonds. The summed E-state index contributed by atoms with van der Waals surface area (Å²) in [4.78, 5) is 3.88. The molecule has 0 fully saturated rings. The van der Waals surface area contributed by atoms with Crippen LogP contribution in [0.4, 0.5) is 0 Å². The second-order valence-electron chi connectivity index (χ2n) is 3.15. The number of hydrogen-bond acceptors (Lipinski definition) is 4. The lowest BCUT2D eigenvalue weighted by molar-refractivity contribution is 0.478. The average Bonchev–Trinajstić information content (AvgIpc) is 2.48. The minimum Gasteiger partial charge on any atom is -0.504 e. The number of fused-ring (bicyclic) bond motifs is 1. The zero-order valence-electron chi connectivity index (χ0n) is 7.47. The highest BCUT2D eigenvalue weighted by atomic mass is 16.3. The molecule has 0 spiro atoms. The fourth-order valence-corrected chi connectivity index (χ4v) is 1.22. The van der Waals surface area contributed by atoms with E-state index in [0.29, 0.717) is 5.52 Å². The Morgan fingerprint density at radius 1 is 1.38 bits per heavy atom. The molecule has 5 nitrogen and oxygen atoms in total. The van der Waals surface area contributed by atoms with Crippen molar-refractivity contribution in [3.8, 4) is 5.75 Å². The Morgan fingerprint density at radius 3 is 2.85 bits per heavy atom. The van der Waals surface area contributed by atoms with Crippen molar-refractivity contribution in [2.24, 2.45) is 0 Å². The quantitative estimate of drug-likeness (QED) is 0.710. The van der Waals surface area contributed by atoms with Crippen LogP contribution in [-0.4, -0.2) is 25.1 Å². The van der Waals surface area contributed by atoms with E-state index < -0.39 is 0 Å². The Hall–Kier alpha value is -1.65. The van der Waals surface area contributed by atoms with Gasteiger partial charge < -0.3 is 5.11 Å². The zero-order valence-corrected chi connectivity index (χ0v) is 7.47. The van der Waals surface area contributed by atoms with E-state index in [2.05, 4.69) is 15.3 Å². The third-order valence-electron chi connectivity index (χ3n) is 1.86. The molecule has 5 heteroatoms. The lowest BCUT2D eigenvalue weighted by Gasteiger charge is -2.04. The van der Waals surface area contributed by atoms with Gasteiger partial charge in [0.15, 0.2) is 11.3 Å². The number of hydrogen-bond donors (Lipinski definition) is 1. The van der Waals surface area contributed by atoms with Gasteiger partial charge in [-0.05, 0) is 13.8 Å². The maximum Gasteiger partial charge on any atom is 0.163 e. The van der Waals surface area contributed by atoms with E-state index >= 15 is 0 Å². The fourth-order valence-electron chi connectivity index (χ4n) is 1.22. The molecule has 68 valence electrons. The van der Waals surface area contributed by atoms with Gasteiger partial charge in [-0.15, -0.1) is 5.10 Å². The molecular formula is C8H10N4O. The molecule has 0 saturated carbocycles.